The van der Waals surface area contributed by atoms with Gasteiger partial charge in [-0.25, -0.2) is 9.97 Å². The predicted octanol–water partition coefficient (Wildman–Crippen LogP) is 3.48. The molecule has 2 N–H and O–H groups in total. The van der Waals surface area contributed by atoms with Gasteiger partial charge in [-0.15, -0.1) is 0 Å². The zero-order valence-electron chi connectivity index (χ0n) is 13.4. The van der Waals surface area contributed by atoms with Crippen molar-refractivity contribution in [2.75, 3.05) is 12.4 Å². The molecule has 3 rings (SSSR count). The molecule has 3 aromatic rings. The second kappa shape index (κ2) is 7.35. The smallest absolute Gasteiger partial charge is 0.237 e. The minimum atomic E-state index is -0.253. The number of aromatic nitrogens is 3. The summed E-state index contributed by atoms with van der Waals surface area (Å²) in [4.78, 5) is 24.3. The first kappa shape index (κ1) is 16.3. The molecule has 7 heteroatoms. The molecule has 0 bridgehead atoms. The van der Waals surface area contributed by atoms with E-state index in [4.69, 9.17) is 4.74 Å². The molecule has 124 valence electrons. The number of imidazole rings is 1. The Balaban J connectivity index is 1.71. The quantitative estimate of drug-likeness (QED) is 0.671. The second-order valence-electron chi connectivity index (χ2n) is 5.15. The minimum Gasteiger partial charge on any atom is -0.497 e. The summed E-state index contributed by atoms with van der Waals surface area (Å²) in [6.07, 6.45) is 2.38. The van der Waals surface area contributed by atoms with Crippen molar-refractivity contribution in [2.24, 2.45) is 0 Å². The molecule has 0 aliphatic carbocycles. The van der Waals surface area contributed by atoms with Gasteiger partial charge in [0, 0.05) is 18.0 Å². The van der Waals surface area contributed by atoms with E-state index in [1.807, 2.05) is 37.3 Å². The molecule has 0 radical (unpaired) electrons. The number of rotatable bonds is 6. The van der Waals surface area contributed by atoms with Crippen LogP contribution in [0.4, 0.5) is 5.69 Å². The highest BCUT2D eigenvalue weighted by molar-refractivity contribution is 8.00. The maximum absolute atomic E-state index is 12.5. The van der Waals surface area contributed by atoms with Crippen molar-refractivity contribution >= 4 is 34.5 Å². The summed E-state index contributed by atoms with van der Waals surface area (Å²) in [6, 6.07) is 11.1. The summed E-state index contributed by atoms with van der Waals surface area (Å²) in [5.41, 5.74) is 2.23. The van der Waals surface area contributed by atoms with Gasteiger partial charge in [0.05, 0.1) is 17.9 Å². The molecule has 0 spiro atoms. The standard InChI is InChI=1S/C17H18N4O2S/c1-3-14(16(22)19-11-6-4-7-12(10-11)23-2)24-17-20-13-8-5-9-18-15(13)21-17/h4-10,14H,3H2,1-2H3,(H,19,22)(H,18,20,21)/t14-/m1/s1. The first-order valence-electron chi connectivity index (χ1n) is 7.62. The fourth-order valence-electron chi connectivity index (χ4n) is 2.26. The summed E-state index contributed by atoms with van der Waals surface area (Å²) in [6.45, 7) is 1.98. The Hall–Kier alpha value is -2.54. The fourth-order valence-corrected chi connectivity index (χ4v) is 3.17. The SMILES string of the molecule is CC[C@@H](Sc1nc2ncccc2[nH]1)C(=O)Nc1cccc(OC)c1. The molecule has 1 amide bonds. The van der Waals surface area contributed by atoms with Crippen molar-refractivity contribution in [3.63, 3.8) is 0 Å². The number of methoxy groups -OCH3 is 1. The Bertz CT molecular complexity index is 816. The number of benzene rings is 1. The maximum atomic E-state index is 12.5. The van der Waals surface area contributed by atoms with Crippen molar-refractivity contribution in [2.45, 2.75) is 23.8 Å². The highest BCUT2D eigenvalue weighted by Gasteiger charge is 2.20. The number of hydrogen-bond donors (Lipinski definition) is 2. The number of thioether (sulfide) groups is 1. The molecule has 6 nitrogen and oxygen atoms in total. The highest BCUT2D eigenvalue weighted by atomic mass is 32.2. The van der Waals surface area contributed by atoms with Crippen molar-refractivity contribution in [1.82, 2.24) is 15.0 Å². The van der Waals surface area contributed by atoms with Crippen LogP contribution in [0.15, 0.2) is 47.8 Å². The molecule has 0 saturated carbocycles. The van der Waals surface area contributed by atoms with Crippen LogP contribution in [-0.2, 0) is 4.79 Å². The van der Waals surface area contributed by atoms with Crippen LogP contribution in [-0.4, -0.2) is 33.2 Å². The van der Waals surface area contributed by atoms with Gasteiger partial charge in [-0.05, 0) is 30.7 Å². The van der Waals surface area contributed by atoms with Crippen LogP contribution in [0.2, 0.25) is 0 Å². The number of ether oxygens (including phenoxy) is 1. The summed E-state index contributed by atoms with van der Waals surface area (Å²) in [5.74, 6) is 0.640. The van der Waals surface area contributed by atoms with E-state index in [1.165, 1.54) is 11.8 Å². The normalized spacial score (nSPS) is 12.1. The molecule has 2 aromatic heterocycles. The molecule has 24 heavy (non-hydrogen) atoms. The van der Waals surface area contributed by atoms with Crippen LogP contribution in [0.3, 0.4) is 0 Å². The van der Waals surface area contributed by atoms with Crippen molar-refractivity contribution in [3.05, 3.63) is 42.6 Å². The van der Waals surface area contributed by atoms with Gasteiger partial charge in [0.15, 0.2) is 10.8 Å². The minimum absolute atomic E-state index is 0.0656. The van der Waals surface area contributed by atoms with Gasteiger partial charge >= 0.3 is 0 Å². The zero-order chi connectivity index (χ0) is 16.9. The monoisotopic (exact) mass is 342 g/mol. The summed E-state index contributed by atoms with van der Waals surface area (Å²) in [7, 11) is 1.60. The number of fused-ring (bicyclic) bond motifs is 1. The number of nitrogens with zero attached hydrogens (tertiary/aromatic N) is 2. The number of nitrogens with one attached hydrogen (secondary N) is 2. The lowest BCUT2D eigenvalue weighted by Gasteiger charge is -2.13. The number of carbonyl (C=O) groups excluding carboxylic acids is 1. The van der Waals surface area contributed by atoms with Gasteiger partial charge in [0.2, 0.25) is 5.91 Å². The van der Waals surface area contributed by atoms with E-state index in [0.717, 1.165) is 5.52 Å². The second-order valence-corrected chi connectivity index (χ2v) is 6.34. The number of pyridine rings is 1. The number of anilines is 1. The number of aromatic amines is 1. The largest absolute Gasteiger partial charge is 0.497 e. The molecule has 0 fully saturated rings. The van der Waals surface area contributed by atoms with Gasteiger partial charge in [0.25, 0.3) is 0 Å². The third-order valence-corrected chi connectivity index (χ3v) is 4.74. The molecule has 2 heterocycles. The Morgan fingerprint density at radius 3 is 3.00 bits per heavy atom. The number of amides is 1. The van der Waals surface area contributed by atoms with E-state index >= 15 is 0 Å². The van der Waals surface area contributed by atoms with Crippen LogP contribution < -0.4 is 10.1 Å². The van der Waals surface area contributed by atoms with Crippen LogP contribution in [0, 0.1) is 0 Å². The Morgan fingerprint density at radius 1 is 1.38 bits per heavy atom. The molecular formula is C17H18N4O2S. The lowest BCUT2D eigenvalue weighted by Crippen LogP contribution is -2.24. The number of hydrogen-bond acceptors (Lipinski definition) is 5. The molecule has 0 unspecified atom stereocenters. The zero-order valence-corrected chi connectivity index (χ0v) is 14.3. The molecule has 0 aliphatic heterocycles. The van der Waals surface area contributed by atoms with E-state index in [0.29, 0.717) is 28.7 Å². The lowest BCUT2D eigenvalue weighted by atomic mass is 10.2. The molecule has 1 aromatic carbocycles. The Morgan fingerprint density at radius 2 is 2.25 bits per heavy atom. The van der Waals surface area contributed by atoms with E-state index in [9.17, 15) is 4.79 Å². The Kier molecular flexibility index (Phi) is 5.00. The van der Waals surface area contributed by atoms with E-state index in [-0.39, 0.29) is 11.2 Å². The third-order valence-electron chi connectivity index (χ3n) is 3.49. The average Bonchev–Trinajstić information content (AvgIpc) is 3.02. The van der Waals surface area contributed by atoms with Crippen molar-refractivity contribution in [1.29, 1.82) is 0 Å². The predicted molar refractivity (Wildman–Crippen MR) is 95.4 cm³/mol. The first-order chi connectivity index (χ1) is 11.7. The van der Waals surface area contributed by atoms with Gasteiger partial charge in [-0.3, -0.25) is 4.79 Å². The number of carbonyl (C=O) groups is 1. The number of H-pyrrole nitrogens is 1. The summed E-state index contributed by atoms with van der Waals surface area (Å²) >= 11 is 1.40. The van der Waals surface area contributed by atoms with E-state index < -0.39 is 0 Å². The van der Waals surface area contributed by atoms with Crippen LogP contribution >= 0.6 is 11.8 Å². The van der Waals surface area contributed by atoms with Crippen molar-refractivity contribution in [3.8, 4) is 5.75 Å². The molecular weight excluding hydrogens is 324 g/mol. The van der Waals surface area contributed by atoms with Crippen LogP contribution in [0.1, 0.15) is 13.3 Å². The van der Waals surface area contributed by atoms with Gasteiger partial charge in [-0.2, -0.15) is 0 Å². The third kappa shape index (κ3) is 3.68. The lowest BCUT2D eigenvalue weighted by molar-refractivity contribution is -0.115. The molecule has 0 aliphatic rings. The van der Waals surface area contributed by atoms with Gasteiger partial charge < -0.3 is 15.0 Å². The van der Waals surface area contributed by atoms with E-state index in [2.05, 4.69) is 20.3 Å². The van der Waals surface area contributed by atoms with E-state index in [1.54, 1.807) is 19.4 Å². The average molecular weight is 342 g/mol. The van der Waals surface area contributed by atoms with Gasteiger partial charge in [0.1, 0.15) is 5.75 Å². The summed E-state index contributed by atoms with van der Waals surface area (Å²) in [5, 5.41) is 3.36. The van der Waals surface area contributed by atoms with Crippen LogP contribution in [0.25, 0.3) is 11.2 Å². The Labute approximate surface area is 144 Å². The maximum Gasteiger partial charge on any atom is 0.237 e. The topological polar surface area (TPSA) is 79.9 Å². The molecule has 0 saturated heterocycles. The van der Waals surface area contributed by atoms with Crippen LogP contribution in [0.5, 0.6) is 5.75 Å². The molecule has 1 atom stereocenters. The fraction of sp³-hybridized carbons (Fsp3) is 0.235. The first-order valence-corrected chi connectivity index (χ1v) is 8.50. The highest BCUT2D eigenvalue weighted by Crippen LogP contribution is 2.26. The summed E-state index contributed by atoms with van der Waals surface area (Å²) < 4.78 is 5.17. The van der Waals surface area contributed by atoms with Crippen molar-refractivity contribution < 1.29 is 9.53 Å². The van der Waals surface area contributed by atoms with Gasteiger partial charge in [-0.1, -0.05) is 24.8 Å².